The largest absolute Gasteiger partial charge is 0.445 e. The Morgan fingerprint density at radius 1 is 0.352 bits per heavy atom. The van der Waals surface area contributed by atoms with Crippen molar-refractivity contribution in [1.82, 2.24) is 9.80 Å². The Morgan fingerprint density at radius 2 is 0.606 bits per heavy atom. The summed E-state index contributed by atoms with van der Waals surface area (Å²) in [5.74, 6) is -3.89. The lowest BCUT2D eigenvalue weighted by Crippen LogP contribution is -2.48. The van der Waals surface area contributed by atoms with Gasteiger partial charge in [-0.3, -0.25) is 9.80 Å². The van der Waals surface area contributed by atoms with E-state index in [2.05, 4.69) is 9.80 Å². The third-order valence-corrected chi connectivity index (χ3v) is 12.7. The maximum Gasteiger partial charge on any atom is 0.357 e. The third-order valence-electron chi connectivity index (χ3n) is 12.7. The Bertz CT molecular complexity index is 2710. The average molecular weight is 941 g/mol. The van der Waals surface area contributed by atoms with Gasteiger partial charge in [0.2, 0.25) is 12.2 Å². The number of benzene rings is 8. The van der Waals surface area contributed by atoms with Gasteiger partial charge >= 0.3 is 23.9 Å². The number of ether oxygens (including phenoxy) is 3. The van der Waals surface area contributed by atoms with Crippen LogP contribution < -0.4 is 0 Å². The van der Waals surface area contributed by atoms with E-state index in [1.807, 2.05) is 196 Å². The molecular formula is C62H56N2O7. The van der Waals surface area contributed by atoms with Crippen molar-refractivity contribution in [2.45, 2.75) is 63.3 Å². The van der Waals surface area contributed by atoms with Crippen LogP contribution in [0.5, 0.6) is 0 Å². The van der Waals surface area contributed by atoms with Gasteiger partial charge in [0, 0.05) is 25.2 Å². The molecule has 0 spiro atoms. The highest BCUT2D eigenvalue weighted by atomic mass is 16.6. The van der Waals surface area contributed by atoms with Crippen molar-refractivity contribution in [3.05, 3.63) is 287 Å². The molecule has 8 aromatic rings. The molecule has 0 aromatic heterocycles. The molecule has 9 nitrogen and oxygen atoms in total. The van der Waals surface area contributed by atoms with E-state index in [1.54, 1.807) is 60.7 Å². The van der Waals surface area contributed by atoms with E-state index in [0.29, 0.717) is 24.2 Å². The fraction of sp³-hybridized carbons (Fsp3) is 0.161. The number of hydrogen-bond donors (Lipinski definition) is 0. The van der Waals surface area contributed by atoms with Crippen LogP contribution in [-0.4, -0.2) is 45.9 Å². The molecule has 2 unspecified atom stereocenters. The molecule has 8 aromatic carbocycles. The van der Waals surface area contributed by atoms with Crippen molar-refractivity contribution in [2.75, 3.05) is 0 Å². The first-order valence-electron chi connectivity index (χ1n) is 23.8. The van der Waals surface area contributed by atoms with Crippen molar-refractivity contribution in [3.8, 4) is 0 Å². The van der Waals surface area contributed by atoms with Crippen LogP contribution in [-0.2, 0) is 36.9 Å². The maximum atomic E-state index is 15.6. The Kier molecular flexibility index (Phi) is 16.9. The zero-order valence-electron chi connectivity index (χ0n) is 39.7. The molecule has 0 aliphatic heterocycles. The monoisotopic (exact) mass is 940 g/mol. The second kappa shape index (κ2) is 24.4. The summed E-state index contributed by atoms with van der Waals surface area (Å²) in [6.07, 6.45) is -3.48. The van der Waals surface area contributed by atoms with Crippen LogP contribution in [0.3, 0.4) is 0 Å². The van der Waals surface area contributed by atoms with Crippen LogP contribution in [0.25, 0.3) is 0 Å². The van der Waals surface area contributed by atoms with Crippen molar-refractivity contribution in [2.24, 2.45) is 0 Å². The van der Waals surface area contributed by atoms with Gasteiger partial charge in [0.15, 0.2) is 0 Å². The third kappa shape index (κ3) is 12.7. The molecule has 8 rings (SSSR count). The molecule has 71 heavy (non-hydrogen) atoms. The predicted molar refractivity (Wildman–Crippen MR) is 274 cm³/mol. The van der Waals surface area contributed by atoms with Crippen LogP contribution in [0.1, 0.15) is 92.1 Å². The minimum Gasteiger partial charge on any atom is -0.445 e. The topological polar surface area (TPSA) is 102 Å². The van der Waals surface area contributed by atoms with Crippen molar-refractivity contribution >= 4 is 23.9 Å². The molecule has 6 atom stereocenters. The van der Waals surface area contributed by atoms with E-state index in [9.17, 15) is 9.59 Å². The van der Waals surface area contributed by atoms with E-state index in [4.69, 9.17) is 14.2 Å². The normalized spacial score (nSPS) is 13.7. The molecule has 0 bridgehead atoms. The molecule has 0 saturated carbocycles. The maximum absolute atomic E-state index is 15.6. The standard InChI is InChI=1S/C62H56N2O7/c1-45(49-31-15-5-16-32-49)63(43-47-27-11-3-12-28-47)55(51-35-19-7-20-36-51)57(69-59(65)53-39-23-9-24-40-53)61(67)71-62(68)58(70-60(66)54-41-25-10-26-42-54)56(52-37-21-8-22-38-52)64(44-48-29-13-4-14-30-48)46(2)50-33-17-6-18-34-50/h3-42,45-46,55-58H,43-44H2,1-2H3/t45?,46?,55-,56-,57-,58-/m0/s1. The summed E-state index contributed by atoms with van der Waals surface area (Å²) in [4.78, 5) is 64.1. The van der Waals surface area contributed by atoms with Crippen LogP contribution in [0.4, 0.5) is 0 Å². The predicted octanol–water partition coefficient (Wildman–Crippen LogP) is 12.5. The first kappa shape index (κ1) is 49.2. The minimum atomic E-state index is -1.74. The quantitative estimate of drug-likeness (QED) is 0.0420. The Morgan fingerprint density at radius 3 is 0.901 bits per heavy atom. The molecule has 9 heteroatoms. The number of nitrogens with zero attached hydrogens (tertiary/aromatic N) is 2. The van der Waals surface area contributed by atoms with Crippen LogP contribution >= 0.6 is 0 Å². The summed E-state index contributed by atoms with van der Waals surface area (Å²) >= 11 is 0. The zero-order valence-corrected chi connectivity index (χ0v) is 39.7. The second-order valence-corrected chi connectivity index (χ2v) is 17.3. The van der Waals surface area contributed by atoms with Gasteiger partial charge in [0.25, 0.3) is 0 Å². The van der Waals surface area contributed by atoms with Gasteiger partial charge in [0.05, 0.1) is 23.2 Å². The van der Waals surface area contributed by atoms with E-state index in [1.165, 1.54) is 0 Å². The molecule has 0 amide bonds. The van der Waals surface area contributed by atoms with Crippen molar-refractivity contribution < 1.29 is 33.4 Å². The highest BCUT2D eigenvalue weighted by molar-refractivity contribution is 5.96. The molecule has 0 saturated heterocycles. The van der Waals surface area contributed by atoms with E-state index in [-0.39, 0.29) is 23.2 Å². The van der Waals surface area contributed by atoms with E-state index < -0.39 is 48.2 Å². The van der Waals surface area contributed by atoms with Crippen molar-refractivity contribution in [3.63, 3.8) is 0 Å². The summed E-state index contributed by atoms with van der Waals surface area (Å²) < 4.78 is 18.9. The highest BCUT2D eigenvalue weighted by Crippen LogP contribution is 2.39. The molecule has 0 fully saturated rings. The number of rotatable bonds is 20. The van der Waals surface area contributed by atoms with Gasteiger partial charge in [-0.05, 0) is 71.5 Å². The Balaban J connectivity index is 1.27. The Labute approximate surface area is 415 Å². The first-order valence-corrected chi connectivity index (χ1v) is 23.8. The lowest BCUT2D eigenvalue weighted by Gasteiger charge is -2.41. The Hall–Kier alpha value is -8.24. The van der Waals surface area contributed by atoms with Gasteiger partial charge in [-0.1, -0.05) is 218 Å². The van der Waals surface area contributed by atoms with Crippen LogP contribution in [0.15, 0.2) is 243 Å². The molecule has 0 aliphatic carbocycles. The fourth-order valence-corrected chi connectivity index (χ4v) is 8.98. The lowest BCUT2D eigenvalue weighted by molar-refractivity contribution is -0.177. The van der Waals surface area contributed by atoms with E-state index >= 15 is 9.59 Å². The van der Waals surface area contributed by atoms with E-state index in [0.717, 1.165) is 22.3 Å². The first-order chi connectivity index (χ1) is 34.7. The second-order valence-electron chi connectivity index (χ2n) is 17.3. The van der Waals surface area contributed by atoms with Gasteiger partial charge in [-0.2, -0.15) is 0 Å². The number of esters is 4. The molecule has 356 valence electrons. The molecular weight excluding hydrogens is 885 g/mol. The summed E-state index contributed by atoms with van der Waals surface area (Å²) in [6.45, 7) is 4.66. The highest BCUT2D eigenvalue weighted by Gasteiger charge is 2.46. The smallest absolute Gasteiger partial charge is 0.357 e. The van der Waals surface area contributed by atoms with Gasteiger partial charge in [0.1, 0.15) is 0 Å². The summed E-state index contributed by atoms with van der Waals surface area (Å²) in [5, 5.41) is 0. The van der Waals surface area contributed by atoms with Crippen molar-refractivity contribution in [1.29, 1.82) is 0 Å². The lowest BCUT2D eigenvalue weighted by atomic mass is 9.94. The number of carbonyl (C=O) groups is 4. The number of carbonyl (C=O) groups excluding carboxylic acids is 4. The van der Waals surface area contributed by atoms with Gasteiger partial charge < -0.3 is 14.2 Å². The van der Waals surface area contributed by atoms with Crippen LogP contribution in [0, 0.1) is 0 Å². The minimum absolute atomic E-state index is 0.194. The fourth-order valence-electron chi connectivity index (χ4n) is 8.98. The van der Waals surface area contributed by atoms with Gasteiger partial charge in [-0.25, -0.2) is 19.2 Å². The average Bonchev–Trinajstić information content (AvgIpc) is 3.43. The SMILES string of the molecule is CC(c1ccccc1)N(Cc1ccccc1)[C@@H](c1ccccc1)[C@H](OC(=O)c1ccccc1)C(=O)OC(=O)[C@@H](OC(=O)c1ccccc1)[C@H](c1ccccc1)N(Cc1ccccc1)C(C)c1ccccc1. The zero-order chi connectivity index (χ0) is 49.4. The van der Waals surface area contributed by atoms with Crippen LogP contribution in [0.2, 0.25) is 0 Å². The number of hydrogen-bond acceptors (Lipinski definition) is 9. The molecule has 0 heterocycles. The molecule has 0 aliphatic rings. The summed E-state index contributed by atoms with van der Waals surface area (Å²) in [5.41, 5.74) is 5.37. The van der Waals surface area contributed by atoms with Gasteiger partial charge in [-0.15, -0.1) is 0 Å². The summed E-state index contributed by atoms with van der Waals surface area (Å²) in [6, 6.07) is 71.8. The summed E-state index contributed by atoms with van der Waals surface area (Å²) in [7, 11) is 0. The molecule has 0 N–H and O–H groups in total. The molecule has 0 radical (unpaired) electrons.